The second-order valence-electron chi connectivity index (χ2n) is 5.24. The van der Waals surface area contributed by atoms with Gasteiger partial charge in [0, 0.05) is 6.04 Å². The van der Waals surface area contributed by atoms with Crippen LogP contribution in [-0.4, -0.2) is 11.0 Å². The van der Waals surface area contributed by atoms with Gasteiger partial charge in [-0.05, 0) is 37.2 Å². The lowest BCUT2D eigenvalue weighted by Gasteiger charge is -2.33. The fourth-order valence-electron chi connectivity index (χ4n) is 2.60. The number of nitrogens with zero attached hydrogens (tertiary/aromatic N) is 1. The Labute approximate surface area is 123 Å². The van der Waals surface area contributed by atoms with Gasteiger partial charge in [0.2, 0.25) is 0 Å². The molecule has 0 bridgehead atoms. The number of pyridine rings is 1. The molecule has 0 spiro atoms. The summed E-state index contributed by atoms with van der Waals surface area (Å²) in [6.07, 6.45) is 3.61. The minimum Gasteiger partial charge on any atom is -0.366 e. The van der Waals surface area contributed by atoms with Crippen LogP contribution >= 0.6 is 34.8 Å². The van der Waals surface area contributed by atoms with Crippen LogP contribution in [0.1, 0.15) is 33.1 Å². The van der Waals surface area contributed by atoms with E-state index in [1.165, 1.54) is 12.8 Å². The van der Waals surface area contributed by atoms with Gasteiger partial charge in [0.1, 0.15) is 11.0 Å². The molecule has 1 aliphatic carbocycles. The average Bonchev–Trinajstić information content (AvgIpc) is 2.29. The van der Waals surface area contributed by atoms with Crippen molar-refractivity contribution in [1.82, 2.24) is 4.98 Å². The first-order chi connectivity index (χ1) is 8.47. The second kappa shape index (κ2) is 5.85. The van der Waals surface area contributed by atoms with Crippen LogP contribution < -0.4 is 5.32 Å². The first-order valence-electron chi connectivity index (χ1n) is 6.25. The van der Waals surface area contributed by atoms with Crippen LogP contribution in [0.5, 0.6) is 0 Å². The molecular formula is C13H17Cl3N2. The third-order valence-corrected chi connectivity index (χ3v) is 4.60. The lowest BCUT2D eigenvalue weighted by Crippen LogP contribution is -2.33. The zero-order valence-corrected chi connectivity index (χ0v) is 12.8. The molecule has 0 aliphatic heterocycles. The van der Waals surface area contributed by atoms with Crippen LogP contribution in [0.4, 0.5) is 5.82 Å². The summed E-state index contributed by atoms with van der Waals surface area (Å²) in [5.74, 6) is 2.05. The monoisotopic (exact) mass is 306 g/mol. The first kappa shape index (κ1) is 14.2. The minimum atomic E-state index is 0.292. The van der Waals surface area contributed by atoms with E-state index in [0.29, 0.717) is 33.0 Å². The number of rotatable bonds is 2. The normalized spacial score (nSPS) is 28.2. The van der Waals surface area contributed by atoms with Gasteiger partial charge in [-0.15, -0.1) is 0 Å². The van der Waals surface area contributed by atoms with Gasteiger partial charge in [-0.1, -0.05) is 48.7 Å². The van der Waals surface area contributed by atoms with E-state index in [1.807, 2.05) is 0 Å². The highest BCUT2D eigenvalue weighted by atomic mass is 35.5. The third-order valence-electron chi connectivity index (χ3n) is 3.64. The summed E-state index contributed by atoms with van der Waals surface area (Å²) in [6.45, 7) is 4.57. The summed E-state index contributed by atoms with van der Waals surface area (Å²) in [6, 6.07) is 2.04. The Morgan fingerprint density at radius 3 is 2.56 bits per heavy atom. The zero-order chi connectivity index (χ0) is 13.3. The Hall–Kier alpha value is -0.180. The number of halogens is 3. The highest BCUT2D eigenvalue weighted by molar-refractivity contribution is 6.42. The average molecular weight is 308 g/mol. The van der Waals surface area contributed by atoms with Crippen molar-refractivity contribution < 1.29 is 0 Å². The predicted octanol–water partition coefficient (Wildman–Crippen LogP) is 5.28. The highest BCUT2D eigenvalue weighted by Gasteiger charge is 2.26. The van der Waals surface area contributed by atoms with E-state index in [0.717, 1.165) is 12.3 Å². The van der Waals surface area contributed by atoms with E-state index >= 15 is 0 Å². The Morgan fingerprint density at radius 1 is 1.17 bits per heavy atom. The molecule has 1 N–H and O–H groups in total. The van der Waals surface area contributed by atoms with Crippen molar-refractivity contribution in [2.75, 3.05) is 5.32 Å². The van der Waals surface area contributed by atoms with E-state index in [1.54, 1.807) is 6.07 Å². The molecule has 18 heavy (non-hydrogen) atoms. The smallest absolute Gasteiger partial charge is 0.150 e. The molecule has 2 nitrogen and oxygen atoms in total. The molecule has 3 unspecified atom stereocenters. The van der Waals surface area contributed by atoms with Crippen molar-refractivity contribution in [2.45, 2.75) is 39.2 Å². The summed E-state index contributed by atoms with van der Waals surface area (Å²) in [7, 11) is 0. The summed E-state index contributed by atoms with van der Waals surface area (Å²) >= 11 is 17.9. The molecule has 1 saturated carbocycles. The number of hydrogen-bond acceptors (Lipinski definition) is 2. The van der Waals surface area contributed by atoms with Crippen LogP contribution in [0.2, 0.25) is 15.2 Å². The molecule has 1 fully saturated rings. The largest absolute Gasteiger partial charge is 0.366 e. The van der Waals surface area contributed by atoms with Crippen LogP contribution in [-0.2, 0) is 0 Å². The van der Waals surface area contributed by atoms with Crippen molar-refractivity contribution in [2.24, 2.45) is 11.8 Å². The van der Waals surface area contributed by atoms with Gasteiger partial charge >= 0.3 is 0 Å². The Bertz CT molecular complexity index is 436. The maximum absolute atomic E-state index is 6.13. The second-order valence-corrected chi connectivity index (χ2v) is 6.41. The van der Waals surface area contributed by atoms with Crippen LogP contribution in [0.15, 0.2) is 6.07 Å². The minimum absolute atomic E-state index is 0.292. The van der Waals surface area contributed by atoms with Crippen molar-refractivity contribution in [1.29, 1.82) is 0 Å². The predicted molar refractivity (Wildman–Crippen MR) is 78.9 cm³/mol. The number of aromatic nitrogens is 1. The highest BCUT2D eigenvalue weighted by Crippen LogP contribution is 2.34. The van der Waals surface area contributed by atoms with Gasteiger partial charge in [-0.2, -0.15) is 0 Å². The molecule has 1 aliphatic rings. The Balaban J connectivity index is 2.12. The maximum atomic E-state index is 6.13. The van der Waals surface area contributed by atoms with Crippen molar-refractivity contribution in [3.8, 4) is 0 Å². The van der Waals surface area contributed by atoms with E-state index in [4.69, 9.17) is 34.8 Å². The van der Waals surface area contributed by atoms with E-state index < -0.39 is 0 Å². The van der Waals surface area contributed by atoms with Gasteiger partial charge in [0.05, 0.1) is 10.0 Å². The molecule has 3 atom stereocenters. The first-order valence-corrected chi connectivity index (χ1v) is 7.39. The molecule has 1 heterocycles. The summed E-state index contributed by atoms with van der Waals surface area (Å²) < 4.78 is 0. The molecular weight excluding hydrogens is 291 g/mol. The van der Waals surface area contributed by atoms with Crippen molar-refractivity contribution in [3.63, 3.8) is 0 Å². The molecule has 0 aromatic carbocycles. The fraction of sp³-hybridized carbons (Fsp3) is 0.615. The summed E-state index contributed by atoms with van der Waals surface area (Å²) in [5.41, 5.74) is 0. The number of nitrogens with one attached hydrogen (secondary N) is 1. The number of anilines is 1. The standard InChI is InChI=1S/C13H17Cl3N2/c1-7-3-4-11(8(2)5-7)17-13-10(15)6-9(14)12(16)18-13/h6-8,11H,3-5H2,1-2H3,(H,17,18). The molecule has 100 valence electrons. The molecule has 5 heteroatoms. The summed E-state index contributed by atoms with van der Waals surface area (Å²) in [5, 5.41) is 4.60. The van der Waals surface area contributed by atoms with Gasteiger partial charge in [0.25, 0.3) is 0 Å². The van der Waals surface area contributed by atoms with Gasteiger partial charge < -0.3 is 5.32 Å². The molecule has 1 aromatic rings. The summed E-state index contributed by atoms with van der Waals surface area (Å²) in [4.78, 5) is 4.21. The fourth-order valence-corrected chi connectivity index (χ4v) is 3.15. The Morgan fingerprint density at radius 2 is 1.89 bits per heavy atom. The molecule has 1 aromatic heterocycles. The Kier molecular flexibility index (Phi) is 4.63. The lowest BCUT2D eigenvalue weighted by atomic mass is 9.80. The van der Waals surface area contributed by atoms with E-state index in [-0.39, 0.29) is 0 Å². The van der Waals surface area contributed by atoms with Crippen LogP contribution in [0.25, 0.3) is 0 Å². The molecule has 0 radical (unpaired) electrons. The quantitative estimate of drug-likeness (QED) is 0.752. The van der Waals surface area contributed by atoms with E-state index in [9.17, 15) is 0 Å². The lowest BCUT2D eigenvalue weighted by molar-refractivity contribution is 0.276. The molecule has 2 rings (SSSR count). The molecule has 0 saturated heterocycles. The maximum Gasteiger partial charge on any atom is 0.150 e. The van der Waals surface area contributed by atoms with Crippen LogP contribution in [0, 0.1) is 11.8 Å². The van der Waals surface area contributed by atoms with E-state index in [2.05, 4.69) is 24.1 Å². The van der Waals surface area contributed by atoms with Crippen molar-refractivity contribution >= 4 is 40.6 Å². The van der Waals surface area contributed by atoms with Crippen LogP contribution in [0.3, 0.4) is 0 Å². The van der Waals surface area contributed by atoms with Gasteiger partial charge in [-0.25, -0.2) is 4.98 Å². The topological polar surface area (TPSA) is 24.9 Å². The third kappa shape index (κ3) is 3.23. The van der Waals surface area contributed by atoms with Gasteiger partial charge in [-0.3, -0.25) is 0 Å². The van der Waals surface area contributed by atoms with Crippen molar-refractivity contribution in [3.05, 3.63) is 21.3 Å². The zero-order valence-electron chi connectivity index (χ0n) is 10.5. The SMILES string of the molecule is CC1CCC(Nc2nc(Cl)c(Cl)cc2Cl)C(C)C1. The van der Waals surface area contributed by atoms with Gasteiger partial charge in [0.15, 0.2) is 0 Å². The molecule has 0 amide bonds. The number of hydrogen-bond donors (Lipinski definition) is 1.